The molecule has 0 spiro atoms. The van der Waals surface area contributed by atoms with Crippen LogP contribution in [0, 0.1) is 0 Å². The van der Waals surface area contributed by atoms with Crippen molar-refractivity contribution in [1.82, 2.24) is 0 Å². The SMILES string of the molecule is Oc1ccc2c(c1)NCC2CCl. The summed E-state index contributed by atoms with van der Waals surface area (Å²) < 4.78 is 0. The number of halogens is 1. The van der Waals surface area contributed by atoms with Crippen LogP contribution in [-0.2, 0) is 0 Å². The van der Waals surface area contributed by atoms with E-state index in [0.717, 1.165) is 12.2 Å². The second-order valence-corrected chi connectivity index (χ2v) is 3.31. The molecule has 2 rings (SSSR count). The van der Waals surface area contributed by atoms with Gasteiger partial charge in [-0.25, -0.2) is 0 Å². The Morgan fingerprint density at radius 2 is 2.42 bits per heavy atom. The number of phenols is 1. The third kappa shape index (κ3) is 1.12. The quantitative estimate of drug-likeness (QED) is 0.654. The monoisotopic (exact) mass is 183 g/mol. The summed E-state index contributed by atoms with van der Waals surface area (Å²) in [4.78, 5) is 0. The summed E-state index contributed by atoms with van der Waals surface area (Å²) in [6, 6.07) is 5.37. The molecular weight excluding hydrogens is 174 g/mol. The Labute approximate surface area is 76.2 Å². The zero-order valence-corrected chi connectivity index (χ0v) is 7.30. The largest absolute Gasteiger partial charge is 0.508 e. The van der Waals surface area contributed by atoms with E-state index in [-0.39, 0.29) is 0 Å². The van der Waals surface area contributed by atoms with Crippen molar-refractivity contribution in [1.29, 1.82) is 0 Å². The lowest BCUT2D eigenvalue weighted by Gasteiger charge is -2.03. The van der Waals surface area contributed by atoms with Crippen molar-refractivity contribution in [2.45, 2.75) is 5.92 Å². The van der Waals surface area contributed by atoms with E-state index in [9.17, 15) is 5.11 Å². The van der Waals surface area contributed by atoms with Crippen molar-refractivity contribution in [3.8, 4) is 5.75 Å². The Bertz CT molecular complexity index is 301. The molecule has 1 atom stereocenters. The van der Waals surface area contributed by atoms with Gasteiger partial charge in [0.2, 0.25) is 0 Å². The molecule has 0 aliphatic carbocycles. The molecule has 2 nitrogen and oxygen atoms in total. The highest BCUT2D eigenvalue weighted by Gasteiger charge is 2.20. The fraction of sp³-hybridized carbons (Fsp3) is 0.333. The van der Waals surface area contributed by atoms with Crippen LogP contribution in [0.25, 0.3) is 0 Å². The number of aromatic hydroxyl groups is 1. The van der Waals surface area contributed by atoms with Crippen LogP contribution in [0.3, 0.4) is 0 Å². The molecule has 0 fully saturated rings. The zero-order valence-electron chi connectivity index (χ0n) is 6.55. The predicted octanol–water partition coefficient (Wildman–Crippen LogP) is 2.14. The maximum Gasteiger partial charge on any atom is 0.117 e. The first-order valence-electron chi connectivity index (χ1n) is 3.94. The van der Waals surface area contributed by atoms with Gasteiger partial charge in [-0.15, -0.1) is 11.6 Å². The number of hydrogen-bond acceptors (Lipinski definition) is 2. The summed E-state index contributed by atoms with van der Waals surface area (Å²) in [5.41, 5.74) is 2.23. The molecule has 1 aliphatic rings. The summed E-state index contributed by atoms with van der Waals surface area (Å²) in [5.74, 6) is 1.32. The van der Waals surface area contributed by atoms with E-state index < -0.39 is 0 Å². The van der Waals surface area contributed by atoms with Crippen LogP contribution < -0.4 is 5.32 Å². The zero-order chi connectivity index (χ0) is 8.55. The van der Waals surface area contributed by atoms with Gasteiger partial charge >= 0.3 is 0 Å². The topological polar surface area (TPSA) is 32.3 Å². The highest BCUT2D eigenvalue weighted by Crippen LogP contribution is 2.34. The summed E-state index contributed by atoms with van der Waals surface area (Å²) in [5, 5.41) is 12.4. The average molecular weight is 184 g/mol. The maximum absolute atomic E-state index is 9.18. The molecule has 0 aromatic heterocycles. The van der Waals surface area contributed by atoms with Crippen LogP contribution >= 0.6 is 11.6 Å². The van der Waals surface area contributed by atoms with E-state index in [4.69, 9.17) is 11.6 Å². The Morgan fingerprint density at radius 1 is 1.58 bits per heavy atom. The third-order valence-electron chi connectivity index (χ3n) is 2.20. The van der Waals surface area contributed by atoms with E-state index >= 15 is 0 Å². The van der Waals surface area contributed by atoms with Crippen molar-refractivity contribution in [3.05, 3.63) is 23.8 Å². The molecule has 0 amide bonds. The molecule has 0 radical (unpaired) electrons. The van der Waals surface area contributed by atoms with Crippen LogP contribution in [0.1, 0.15) is 11.5 Å². The molecule has 1 heterocycles. The molecule has 0 saturated carbocycles. The van der Waals surface area contributed by atoms with Crippen molar-refractivity contribution >= 4 is 17.3 Å². The van der Waals surface area contributed by atoms with E-state index in [1.807, 2.05) is 6.07 Å². The summed E-state index contributed by atoms with van der Waals surface area (Å²) in [7, 11) is 0. The van der Waals surface area contributed by atoms with Gasteiger partial charge in [0.05, 0.1) is 0 Å². The van der Waals surface area contributed by atoms with Crippen molar-refractivity contribution < 1.29 is 5.11 Å². The molecule has 0 bridgehead atoms. The molecule has 1 aromatic rings. The minimum absolute atomic E-state index is 0.302. The van der Waals surface area contributed by atoms with Gasteiger partial charge in [0.25, 0.3) is 0 Å². The molecule has 1 unspecified atom stereocenters. The lowest BCUT2D eigenvalue weighted by Crippen LogP contribution is -2.02. The van der Waals surface area contributed by atoms with Crippen molar-refractivity contribution in [3.63, 3.8) is 0 Å². The molecular formula is C9H10ClNO. The van der Waals surface area contributed by atoms with Crippen molar-refractivity contribution in [2.75, 3.05) is 17.7 Å². The maximum atomic E-state index is 9.18. The fourth-order valence-corrected chi connectivity index (χ4v) is 1.81. The molecule has 1 aliphatic heterocycles. The minimum Gasteiger partial charge on any atom is -0.508 e. The van der Waals surface area contributed by atoms with E-state index in [1.165, 1.54) is 5.56 Å². The van der Waals surface area contributed by atoms with Gasteiger partial charge in [0, 0.05) is 30.1 Å². The van der Waals surface area contributed by atoms with Crippen LogP contribution in [-0.4, -0.2) is 17.5 Å². The molecule has 12 heavy (non-hydrogen) atoms. The molecule has 1 aromatic carbocycles. The highest BCUT2D eigenvalue weighted by molar-refractivity contribution is 6.18. The lowest BCUT2D eigenvalue weighted by molar-refractivity contribution is 0.475. The van der Waals surface area contributed by atoms with Crippen LogP contribution in [0.4, 0.5) is 5.69 Å². The number of nitrogens with one attached hydrogen (secondary N) is 1. The fourth-order valence-electron chi connectivity index (χ4n) is 1.53. The Morgan fingerprint density at radius 3 is 3.17 bits per heavy atom. The van der Waals surface area contributed by atoms with Crippen LogP contribution in [0.15, 0.2) is 18.2 Å². The minimum atomic E-state index is 0.302. The second kappa shape index (κ2) is 2.87. The third-order valence-corrected chi connectivity index (χ3v) is 2.57. The van der Waals surface area contributed by atoms with Gasteiger partial charge in [-0.2, -0.15) is 0 Å². The predicted molar refractivity (Wildman–Crippen MR) is 50.1 cm³/mol. The first kappa shape index (κ1) is 7.74. The van der Waals surface area contributed by atoms with E-state index in [2.05, 4.69) is 5.32 Å². The number of phenolic OH excluding ortho intramolecular Hbond substituents is 1. The molecule has 3 heteroatoms. The highest BCUT2D eigenvalue weighted by atomic mass is 35.5. The average Bonchev–Trinajstić information content (AvgIpc) is 2.46. The van der Waals surface area contributed by atoms with Gasteiger partial charge in [0.1, 0.15) is 5.75 Å². The standard InChI is InChI=1S/C9H10ClNO/c10-4-6-5-11-9-3-7(12)1-2-8(6)9/h1-3,6,11-12H,4-5H2. The van der Waals surface area contributed by atoms with Gasteiger partial charge in [-0.05, 0) is 11.6 Å². The number of alkyl halides is 1. The number of benzene rings is 1. The Balaban J connectivity index is 2.40. The van der Waals surface area contributed by atoms with Crippen LogP contribution in [0.5, 0.6) is 5.75 Å². The van der Waals surface area contributed by atoms with Crippen LogP contribution in [0.2, 0.25) is 0 Å². The van der Waals surface area contributed by atoms with Gasteiger partial charge in [-0.1, -0.05) is 6.07 Å². The van der Waals surface area contributed by atoms with Gasteiger partial charge in [0.15, 0.2) is 0 Å². The Hall–Kier alpha value is -0.890. The number of hydrogen-bond donors (Lipinski definition) is 2. The van der Waals surface area contributed by atoms with Crippen molar-refractivity contribution in [2.24, 2.45) is 0 Å². The lowest BCUT2D eigenvalue weighted by atomic mass is 10.0. The number of rotatable bonds is 1. The smallest absolute Gasteiger partial charge is 0.117 e. The first-order valence-corrected chi connectivity index (χ1v) is 4.47. The molecule has 64 valence electrons. The first-order chi connectivity index (χ1) is 5.81. The second-order valence-electron chi connectivity index (χ2n) is 3.00. The summed E-state index contributed by atoms with van der Waals surface area (Å²) in [6.45, 7) is 0.877. The summed E-state index contributed by atoms with van der Waals surface area (Å²) >= 11 is 5.77. The van der Waals surface area contributed by atoms with E-state index in [1.54, 1.807) is 12.1 Å². The van der Waals surface area contributed by atoms with Gasteiger partial charge < -0.3 is 10.4 Å². The molecule has 2 N–H and O–H groups in total. The number of fused-ring (bicyclic) bond motifs is 1. The van der Waals surface area contributed by atoms with E-state index in [0.29, 0.717) is 17.5 Å². The van der Waals surface area contributed by atoms with Gasteiger partial charge in [-0.3, -0.25) is 0 Å². The summed E-state index contributed by atoms with van der Waals surface area (Å²) in [6.07, 6.45) is 0. The molecule has 0 saturated heterocycles. The normalized spacial score (nSPS) is 20.2. The Kier molecular flexibility index (Phi) is 1.85. The number of anilines is 1.